The largest absolute Gasteiger partial charge is 0.459 e. The number of benzene rings is 3. The van der Waals surface area contributed by atoms with Crippen LogP contribution in [0.1, 0.15) is 31.1 Å². The lowest BCUT2D eigenvalue weighted by Gasteiger charge is -2.45. The molecule has 2 N–H and O–H groups in total. The average Bonchev–Trinajstić information content (AvgIpc) is 3.62. The first-order chi connectivity index (χ1) is 23.0. The molecule has 3 unspecified atom stereocenters. The Hall–Kier alpha value is -4.79. The van der Waals surface area contributed by atoms with E-state index >= 15 is 0 Å². The number of ether oxygens (including phenoxy) is 4. The van der Waals surface area contributed by atoms with E-state index in [4.69, 9.17) is 24.7 Å². The summed E-state index contributed by atoms with van der Waals surface area (Å²) >= 11 is 3.61. The van der Waals surface area contributed by atoms with E-state index in [1.54, 1.807) is 95.9 Å². The summed E-state index contributed by atoms with van der Waals surface area (Å²) in [4.78, 5) is 51.0. The first kappa shape index (κ1) is 33.1. The number of esters is 3. The zero-order chi connectivity index (χ0) is 34.0. The smallest absolute Gasteiger partial charge is 0.338 e. The van der Waals surface area contributed by atoms with Gasteiger partial charge in [0.05, 0.1) is 23.0 Å². The van der Waals surface area contributed by atoms with Crippen molar-refractivity contribution in [2.45, 2.75) is 50.3 Å². The highest BCUT2D eigenvalue weighted by atomic mass is 79.9. The van der Waals surface area contributed by atoms with Crippen LogP contribution in [-0.4, -0.2) is 84.0 Å². The maximum Gasteiger partial charge on any atom is 0.338 e. The summed E-state index contributed by atoms with van der Waals surface area (Å²) in [6.45, 7) is 6.12. The summed E-state index contributed by atoms with van der Waals surface area (Å²) in [6, 6.07) is 25.4. The minimum absolute atomic E-state index is 0.227. The monoisotopic (exact) mass is 731 g/mol. The molecule has 0 aliphatic carbocycles. The molecule has 1 saturated heterocycles. The van der Waals surface area contributed by atoms with Gasteiger partial charge in [-0.3, -0.25) is 0 Å². The number of fused-ring (bicyclic) bond motifs is 1. The average molecular weight is 733 g/mol. The number of rotatable bonds is 9. The maximum atomic E-state index is 13.6. The number of aliphatic imine (C=N–C) groups is 2. The number of carbonyl (C=O) groups is 3. The molecule has 3 aromatic rings. The number of halogens is 1. The Labute approximate surface area is 287 Å². The van der Waals surface area contributed by atoms with E-state index in [1.807, 2.05) is 0 Å². The predicted molar refractivity (Wildman–Crippen MR) is 184 cm³/mol. The third-order valence-electron chi connectivity index (χ3n) is 7.97. The number of carbonyl (C=O) groups excluding carboxylic acids is 3. The van der Waals surface area contributed by atoms with Crippen molar-refractivity contribution in [3.05, 3.63) is 119 Å². The minimum Gasteiger partial charge on any atom is -0.459 e. The molecule has 5 atom stereocenters. The van der Waals surface area contributed by atoms with Crippen LogP contribution in [0, 0.1) is 0 Å². The van der Waals surface area contributed by atoms with Crippen molar-refractivity contribution in [3.63, 3.8) is 0 Å². The maximum absolute atomic E-state index is 13.6. The number of nitrogens with two attached hydrogens (primary N) is 1. The van der Waals surface area contributed by atoms with E-state index in [-0.39, 0.29) is 23.6 Å². The van der Waals surface area contributed by atoms with E-state index in [1.165, 1.54) is 6.34 Å². The van der Waals surface area contributed by atoms with Crippen LogP contribution in [0.25, 0.3) is 0 Å². The van der Waals surface area contributed by atoms with Gasteiger partial charge >= 0.3 is 17.9 Å². The fourth-order valence-corrected chi connectivity index (χ4v) is 9.28. The molecule has 6 rings (SSSR count). The Morgan fingerprint density at radius 1 is 0.812 bits per heavy atom. The molecular formula is C34H34BrN5O7Si. The van der Waals surface area contributed by atoms with Gasteiger partial charge in [-0.15, -0.1) is 0 Å². The SMILES string of the molecule is C[Si](C)(C)N1C(Br)=NC2=C(N)N=CN([C@@H]3O[C@H](COC(=O)c4ccccc4)C(OC(=O)c4ccccc4)C3OC(=O)c3ccccc3)C21. The van der Waals surface area contributed by atoms with Crippen LogP contribution >= 0.6 is 15.9 Å². The third-order valence-corrected chi connectivity index (χ3v) is 10.8. The van der Waals surface area contributed by atoms with E-state index in [0.717, 1.165) is 0 Å². The summed E-state index contributed by atoms with van der Waals surface area (Å²) in [6.07, 6.45) is -3.60. The minimum atomic E-state index is -2.15. The number of amidine groups is 1. The van der Waals surface area contributed by atoms with Crippen molar-refractivity contribution < 1.29 is 33.3 Å². The van der Waals surface area contributed by atoms with Crippen molar-refractivity contribution in [3.8, 4) is 0 Å². The van der Waals surface area contributed by atoms with E-state index in [9.17, 15) is 14.4 Å². The van der Waals surface area contributed by atoms with Crippen molar-refractivity contribution in [1.82, 2.24) is 9.47 Å². The van der Waals surface area contributed by atoms with Gasteiger partial charge in [0.15, 0.2) is 37.2 Å². The molecule has 0 spiro atoms. The Morgan fingerprint density at radius 3 is 1.83 bits per heavy atom. The topological polar surface area (TPSA) is 145 Å². The Bertz CT molecular complexity index is 1770. The van der Waals surface area contributed by atoms with Gasteiger partial charge < -0.3 is 34.1 Å². The second kappa shape index (κ2) is 13.7. The lowest BCUT2D eigenvalue weighted by atomic mass is 10.1. The van der Waals surface area contributed by atoms with Gasteiger partial charge in [-0.1, -0.05) is 74.2 Å². The quantitative estimate of drug-likeness (QED) is 0.142. The Kier molecular flexibility index (Phi) is 9.48. The molecule has 3 aromatic carbocycles. The number of hydrogen-bond donors (Lipinski definition) is 1. The molecule has 3 aliphatic heterocycles. The third kappa shape index (κ3) is 6.77. The predicted octanol–water partition coefficient (Wildman–Crippen LogP) is 4.72. The molecule has 0 saturated carbocycles. The molecule has 1 fully saturated rings. The lowest BCUT2D eigenvalue weighted by Crippen LogP contribution is -2.62. The van der Waals surface area contributed by atoms with E-state index in [2.05, 4.69) is 50.1 Å². The highest BCUT2D eigenvalue weighted by Gasteiger charge is 2.56. The van der Waals surface area contributed by atoms with E-state index < -0.39 is 56.8 Å². The van der Waals surface area contributed by atoms with Crippen LogP contribution in [0.4, 0.5) is 0 Å². The standard InChI is InChI=1S/C34H34BrN5O7Si/c1-48(2,3)40-29-25(38-34(40)35)28(36)37-20-39(29)30-27(47-33(43)23-17-11-6-12-18-23)26(46-32(42)22-15-9-5-10-16-22)24(45-30)19-44-31(41)21-13-7-4-8-14-21/h4-18,20,24,26-27,29-30H,19,36H2,1-3H3/t24-,26?,27?,29?,30-/m1/s1. The molecule has 0 radical (unpaired) electrons. The zero-order valence-electron chi connectivity index (χ0n) is 26.4. The Balaban J connectivity index is 1.39. The Morgan fingerprint density at radius 2 is 1.31 bits per heavy atom. The fraction of sp³-hybridized carbons (Fsp3) is 0.265. The highest BCUT2D eigenvalue weighted by Crippen LogP contribution is 2.39. The summed E-state index contributed by atoms with van der Waals surface area (Å²) < 4.78 is 27.2. The molecular weight excluding hydrogens is 698 g/mol. The molecule has 3 aliphatic rings. The van der Waals surface area contributed by atoms with Crippen molar-refractivity contribution >= 4 is 53.2 Å². The molecule has 0 bridgehead atoms. The molecule has 0 amide bonds. The normalized spacial score (nSPS) is 23.4. The van der Waals surface area contributed by atoms with Crippen molar-refractivity contribution in [2.24, 2.45) is 15.7 Å². The summed E-state index contributed by atoms with van der Waals surface area (Å²) in [5.74, 6) is -1.70. The van der Waals surface area contributed by atoms with Gasteiger partial charge in [-0.25, -0.2) is 24.4 Å². The molecule has 3 heterocycles. The van der Waals surface area contributed by atoms with Crippen LogP contribution in [0.3, 0.4) is 0 Å². The van der Waals surface area contributed by atoms with Crippen LogP contribution in [0.2, 0.25) is 19.6 Å². The number of hydrogen-bond acceptors (Lipinski definition) is 12. The second-order valence-electron chi connectivity index (χ2n) is 12.3. The van der Waals surface area contributed by atoms with Gasteiger partial charge in [0.25, 0.3) is 0 Å². The first-order valence-corrected chi connectivity index (χ1v) is 19.5. The first-order valence-electron chi connectivity index (χ1n) is 15.3. The van der Waals surface area contributed by atoms with Gasteiger partial charge in [-0.05, 0) is 52.3 Å². The van der Waals surface area contributed by atoms with Crippen molar-refractivity contribution in [1.29, 1.82) is 0 Å². The molecule has 14 heteroatoms. The van der Waals surface area contributed by atoms with Crippen LogP contribution in [0.5, 0.6) is 0 Å². The summed E-state index contributed by atoms with van der Waals surface area (Å²) in [5.41, 5.74) is 7.72. The molecule has 0 aromatic heterocycles. The molecule has 48 heavy (non-hydrogen) atoms. The highest BCUT2D eigenvalue weighted by molar-refractivity contribution is 9.18. The van der Waals surface area contributed by atoms with E-state index in [0.29, 0.717) is 16.0 Å². The fourth-order valence-electron chi connectivity index (χ4n) is 5.70. The second-order valence-corrected chi connectivity index (χ2v) is 17.8. The number of nitrogens with zero attached hydrogens (tertiary/aromatic N) is 4. The van der Waals surface area contributed by atoms with Crippen LogP contribution < -0.4 is 5.73 Å². The van der Waals surface area contributed by atoms with Crippen molar-refractivity contribution in [2.75, 3.05) is 6.61 Å². The zero-order valence-corrected chi connectivity index (χ0v) is 29.0. The van der Waals surface area contributed by atoms with Gasteiger partial charge in [-0.2, -0.15) is 0 Å². The van der Waals surface area contributed by atoms with Crippen LogP contribution in [-0.2, 0) is 18.9 Å². The summed E-state index contributed by atoms with van der Waals surface area (Å²) in [5, 5.41) is 0. The lowest BCUT2D eigenvalue weighted by molar-refractivity contribution is -0.0906. The molecule has 248 valence electrons. The summed E-state index contributed by atoms with van der Waals surface area (Å²) in [7, 11) is -2.15. The van der Waals surface area contributed by atoms with Gasteiger partial charge in [0, 0.05) is 0 Å². The molecule has 12 nitrogen and oxygen atoms in total. The van der Waals surface area contributed by atoms with Gasteiger partial charge in [0.1, 0.15) is 24.6 Å². The van der Waals surface area contributed by atoms with Crippen LogP contribution in [0.15, 0.2) is 112 Å². The van der Waals surface area contributed by atoms with Gasteiger partial charge in [0.2, 0.25) is 0 Å².